The fourth-order valence-electron chi connectivity index (χ4n) is 0.675. The quantitative estimate of drug-likeness (QED) is 0.503. The van der Waals surface area contributed by atoms with Crippen LogP contribution in [0, 0.1) is 11.5 Å². The van der Waals surface area contributed by atoms with E-state index in [0.29, 0.717) is 5.56 Å². The molecule has 0 spiro atoms. The van der Waals surface area contributed by atoms with E-state index < -0.39 is 5.97 Å². The second-order valence-corrected chi connectivity index (χ2v) is 1.85. The van der Waals surface area contributed by atoms with Crippen LogP contribution in [0.4, 0.5) is 0 Å². The van der Waals surface area contributed by atoms with Crippen LogP contribution in [0.5, 0.6) is 0 Å². The SMILES string of the molecule is N.N#COC(=O)c1ccccc1. The first kappa shape index (κ1) is 10.1. The number of carbonyl (C=O) groups is 1. The molecule has 1 aromatic carbocycles. The number of benzene rings is 1. The second kappa shape index (κ2) is 4.88. The molecule has 4 heteroatoms. The minimum Gasteiger partial charge on any atom is -0.347 e. The summed E-state index contributed by atoms with van der Waals surface area (Å²) in [4.78, 5) is 10.8. The van der Waals surface area contributed by atoms with Crippen LogP contribution >= 0.6 is 0 Å². The summed E-state index contributed by atoms with van der Waals surface area (Å²) in [5.74, 6) is -0.618. The highest BCUT2D eigenvalue weighted by Crippen LogP contribution is 1.99. The van der Waals surface area contributed by atoms with Crippen molar-refractivity contribution in [2.75, 3.05) is 0 Å². The van der Waals surface area contributed by atoms with Crippen LogP contribution in [-0.2, 0) is 4.74 Å². The standard InChI is InChI=1S/C8H5NO2.H3N/c9-6-11-8(10)7-4-2-1-3-5-7;/h1-5H;1H3. The smallest absolute Gasteiger partial charge is 0.347 e. The summed E-state index contributed by atoms with van der Waals surface area (Å²) in [7, 11) is 0. The van der Waals surface area contributed by atoms with Gasteiger partial charge in [0.2, 0.25) is 0 Å². The van der Waals surface area contributed by atoms with E-state index in [2.05, 4.69) is 4.74 Å². The Morgan fingerprint density at radius 3 is 2.42 bits per heavy atom. The van der Waals surface area contributed by atoms with E-state index in [-0.39, 0.29) is 6.15 Å². The summed E-state index contributed by atoms with van der Waals surface area (Å²) in [6.07, 6.45) is 1.32. The molecule has 0 atom stereocenters. The lowest BCUT2D eigenvalue weighted by molar-refractivity contribution is 0.0685. The summed E-state index contributed by atoms with van der Waals surface area (Å²) < 4.78 is 4.09. The zero-order valence-corrected chi connectivity index (χ0v) is 6.36. The average molecular weight is 164 g/mol. The maximum atomic E-state index is 10.8. The van der Waals surface area contributed by atoms with Crippen molar-refractivity contribution in [3.63, 3.8) is 0 Å². The molecule has 0 bridgehead atoms. The Labute approximate surface area is 70.0 Å². The van der Waals surface area contributed by atoms with Gasteiger partial charge in [-0.1, -0.05) is 18.2 Å². The van der Waals surface area contributed by atoms with Crippen LogP contribution in [0.2, 0.25) is 0 Å². The topological polar surface area (TPSA) is 85.1 Å². The highest BCUT2D eigenvalue weighted by Gasteiger charge is 2.03. The fourth-order valence-corrected chi connectivity index (χ4v) is 0.675. The van der Waals surface area contributed by atoms with Crippen LogP contribution in [-0.4, -0.2) is 5.97 Å². The Bertz CT molecular complexity index is 290. The molecule has 0 fully saturated rings. The van der Waals surface area contributed by atoms with E-state index >= 15 is 0 Å². The van der Waals surface area contributed by atoms with Crippen LogP contribution in [0.25, 0.3) is 0 Å². The van der Waals surface area contributed by atoms with Gasteiger partial charge in [-0.3, -0.25) is 0 Å². The minimum absolute atomic E-state index is 0. The van der Waals surface area contributed by atoms with Gasteiger partial charge in [-0.15, -0.1) is 5.26 Å². The summed E-state index contributed by atoms with van der Waals surface area (Å²) in [5.41, 5.74) is 0.383. The largest absolute Gasteiger partial charge is 0.353 e. The molecular formula is C8H8N2O2. The van der Waals surface area contributed by atoms with Gasteiger partial charge in [0.1, 0.15) is 0 Å². The van der Waals surface area contributed by atoms with Gasteiger partial charge in [-0.25, -0.2) is 4.79 Å². The maximum Gasteiger partial charge on any atom is 0.353 e. The number of rotatable bonds is 1. The Kier molecular flexibility index (Phi) is 4.12. The number of nitrogens with zero attached hydrogens (tertiary/aromatic N) is 1. The van der Waals surface area contributed by atoms with Crippen molar-refractivity contribution in [1.29, 1.82) is 5.26 Å². The number of esters is 1. The molecule has 0 heterocycles. The molecule has 0 aliphatic carbocycles. The number of hydrogen-bond acceptors (Lipinski definition) is 4. The first-order chi connectivity index (χ1) is 5.34. The van der Waals surface area contributed by atoms with Crippen LogP contribution in [0.3, 0.4) is 0 Å². The molecule has 0 aromatic heterocycles. The van der Waals surface area contributed by atoms with Crippen LogP contribution in [0.1, 0.15) is 10.4 Å². The van der Waals surface area contributed by atoms with Gasteiger partial charge in [0.05, 0.1) is 5.56 Å². The summed E-state index contributed by atoms with van der Waals surface area (Å²) in [6, 6.07) is 8.35. The van der Waals surface area contributed by atoms with Gasteiger partial charge >= 0.3 is 5.97 Å². The molecule has 0 aliphatic rings. The van der Waals surface area contributed by atoms with E-state index in [9.17, 15) is 4.79 Å². The molecule has 3 N–H and O–H groups in total. The van der Waals surface area contributed by atoms with Crippen molar-refractivity contribution in [3.05, 3.63) is 35.9 Å². The second-order valence-electron chi connectivity index (χ2n) is 1.85. The van der Waals surface area contributed by atoms with Crippen molar-refractivity contribution in [2.45, 2.75) is 0 Å². The van der Waals surface area contributed by atoms with Gasteiger partial charge in [0.25, 0.3) is 6.26 Å². The van der Waals surface area contributed by atoms with Crippen LogP contribution in [0.15, 0.2) is 30.3 Å². The van der Waals surface area contributed by atoms with Gasteiger partial charge in [0, 0.05) is 0 Å². The molecule has 0 unspecified atom stereocenters. The summed E-state index contributed by atoms with van der Waals surface area (Å²) in [5, 5.41) is 8.00. The van der Waals surface area contributed by atoms with Gasteiger partial charge in [0.15, 0.2) is 0 Å². The highest BCUT2D eigenvalue weighted by molar-refractivity contribution is 5.89. The molecule has 12 heavy (non-hydrogen) atoms. The van der Waals surface area contributed by atoms with Crippen molar-refractivity contribution in [2.24, 2.45) is 0 Å². The third-order valence-electron chi connectivity index (χ3n) is 1.15. The lowest BCUT2D eigenvalue weighted by Crippen LogP contribution is -1.99. The minimum atomic E-state index is -0.618. The summed E-state index contributed by atoms with van der Waals surface area (Å²) in [6.45, 7) is 0. The molecular weight excluding hydrogens is 156 g/mol. The lowest BCUT2D eigenvalue weighted by Gasteiger charge is -1.92. The number of carbonyl (C=O) groups excluding carboxylic acids is 1. The third kappa shape index (κ3) is 2.40. The lowest BCUT2D eigenvalue weighted by atomic mass is 10.2. The van der Waals surface area contributed by atoms with E-state index in [1.807, 2.05) is 0 Å². The van der Waals surface area contributed by atoms with Gasteiger partial charge in [-0.2, -0.15) is 0 Å². The van der Waals surface area contributed by atoms with Crippen LogP contribution < -0.4 is 6.15 Å². The van der Waals surface area contributed by atoms with E-state index in [1.165, 1.54) is 6.26 Å². The predicted molar refractivity (Wildman–Crippen MR) is 42.5 cm³/mol. The average Bonchev–Trinajstić information content (AvgIpc) is 2.07. The van der Waals surface area contributed by atoms with Crippen molar-refractivity contribution >= 4 is 5.97 Å². The molecule has 0 radical (unpaired) electrons. The monoisotopic (exact) mass is 164 g/mol. The van der Waals surface area contributed by atoms with E-state index in [1.54, 1.807) is 30.3 Å². The van der Waals surface area contributed by atoms with Crippen molar-refractivity contribution < 1.29 is 9.53 Å². The summed E-state index contributed by atoms with van der Waals surface area (Å²) >= 11 is 0. The molecule has 1 rings (SSSR count). The molecule has 62 valence electrons. The van der Waals surface area contributed by atoms with Crippen molar-refractivity contribution in [1.82, 2.24) is 6.15 Å². The van der Waals surface area contributed by atoms with Gasteiger partial charge in [-0.05, 0) is 12.1 Å². The maximum absolute atomic E-state index is 10.8. The number of nitriles is 1. The Hall–Kier alpha value is -1.86. The highest BCUT2D eigenvalue weighted by atomic mass is 16.5. The normalized spacial score (nSPS) is 7.58. The number of hydrogen-bond donors (Lipinski definition) is 1. The van der Waals surface area contributed by atoms with E-state index in [4.69, 9.17) is 5.26 Å². The van der Waals surface area contributed by atoms with Crippen molar-refractivity contribution in [3.8, 4) is 6.26 Å². The third-order valence-corrected chi connectivity index (χ3v) is 1.15. The Morgan fingerprint density at radius 2 is 1.92 bits per heavy atom. The molecule has 0 saturated heterocycles. The Balaban J connectivity index is 0.00000121. The molecule has 0 amide bonds. The molecule has 0 aliphatic heterocycles. The number of ether oxygens (including phenoxy) is 1. The molecule has 0 saturated carbocycles. The fraction of sp³-hybridized carbons (Fsp3) is 0. The molecule has 1 aromatic rings. The Morgan fingerprint density at radius 1 is 1.33 bits per heavy atom. The van der Waals surface area contributed by atoms with E-state index in [0.717, 1.165) is 0 Å². The zero-order valence-electron chi connectivity index (χ0n) is 6.36. The first-order valence-corrected chi connectivity index (χ1v) is 3.00. The molecule has 4 nitrogen and oxygen atoms in total. The predicted octanol–water partition coefficient (Wildman–Crippen LogP) is 1.49. The zero-order chi connectivity index (χ0) is 8.10. The first-order valence-electron chi connectivity index (χ1n) is 3.00. The van der Waals surface area contributed by atoms with Gasteiger partial charge < -0.3 is 10.9 Å².